The van der Waals surface area contributed by atoms with Gasteiger partial charge in [0, 0.05) is 0 Å². The summed E-state index contributed by atoms with van der Waals surface area (Å²) in [6, 6.07) is 0. The average Bonchev–Trinajstić information content (AvgIpc) is 2.00. The SMILES string of the molecule is O=C(O)C(O)C(O)C(=O)O.O=C([O-])[O-].[Cu+2]. The van der Waals surface area contributed by atoms with Gasteiger partial charge in [-0.1, -0.05) is 0 Å². The molecule has 15 heavy (non-hydrogen) atoms. The molecule has 2 atom stereocenters. The molecule has 1 radical (unpaired) electrons. The van der Waals surface area contributed by atoms with E-state index in [1.807, 2.05) is 0 Å². The van der Waals surface area contributed by atoms with Gasteiger partial charge < -0.3 is 35.4 Å². The molecule has 0 rings (SSSR count). The summed E-state index contributed by atoms with van der Waals surface area (Å²) in [5.41, 5.74) is 0. The Labute approximate surface area is 93.1 Å². The molecule has 2 unspecified atom stereocenters. The first-order chi connectivity index (χ1) is 6.20. The summed E-state index contributed by atoms with van der Waals surface area (Å²) >= 11 is 0. The van der Waals surface area contributed by atoms with Gasteiger partial charge in [-0.3, -0.25) is 0 Å². The van der Waals surface area contributed by atoms with E-state index in [4.69, 9.17) is 35.4 Å². The van der Waals surface area contributed by atoms with Crippen LogP contribution in [0.5, 0.6) is 0 Å². The number of hydrogen-bond acceptors (Lipinski definition) is 7. The van der Waals surface area contributed by atoms with Crippen LogP contribution in [0.25, 0.3) is 0 Å². The fourth-order valence-corrected chi connectivity index (χ4v) is 0.270. The zero-order chi connectivity index (χ0) is 11.9. The average molecular weight is 274 g/mol. The third-order valence-electron chi connectivity index (χ3n) is 0.805. The molecule has 0 aromatic rings. The largest absolute Gasteiger partial charge is 2.00 e. The van der Waals surface area contributed by atoms with Gasteiger partial charge in [-0.25, -0.2) is 9.59 Å². The van der Waals surface area contributed by atoms with Crippen LogP contribution in [0.2, 0.25) is 0 Å². The molecular weight excluding hydrogens is 268 g/mol. The fraction of sp³-hybridized carbons (Fsp3) is 0.400. The van der Waals surface area contributed by atoms with Gasteiger partial charge in [0.2, 0.25) is 0 Å². The number of aliphatic hydroxyl groups is 2. The van der Waals surface area contributed by atoms with E-state index >= 15 is 0 Å². The second-order valence-corrected chi connectivity index (χ2v) is 1.82. The molecule has 9 nitrogen and oxygen atoms in total. The van der Waals surface area contributed by atoms with Crippen LogP contribution in [0.1, 0.15) is 0 Å². The van der Waals surface area contributed by atoms with Crippen molar-refractivity contribution in [1.29, 1.82) is 0 Å². The minimum atomic E-state index is -2.33. The van der Waals surface area contributed by atoms with E-state index in [9.17, 15) is 9.59 Å². The van der Waals surface area contributed by atoms with E-state index in [-0.39, 0.29) is 17.1 Å². The molecule has 0 aliphatic heterocycles. The van der Waals surface area contributed by atoms with E-state index < -0.39 is 30.3 Å². The van der Waals surface area contributed by atoms with E-state index in [2.05, 4.69) is 0 Å². The van der Waals surface area contributed by atoms with Gasteiger partial charge >= 0.3 is 29.0 Å². The second kappa shape index (κ2) is 9.21. The summed E-state index contributed by atoms with van der Waals surface area (Å²) in [4.78, 5) is 27.9. The summed E-state index contributed by atoms with van der Waals surface area (Å²) < 4.78 is 0. The van der Waals surface area contributed by atoms with E-state index in [1.54, 1.807) is 0 Å². The van der Waals surface area contributed by atoms with Crippen molar-refractivity contribution in [1.82, 2.24) is 0 Å². The van der Waals surface area contributed by atoms with Crippen LogP contribution in [0.3, 0.4) is 0 Å². The van der Waals surface area contributed by atoms with Gasteiger partial charge in [0.25, 0.3) is 0 Å². The van der Waals surface area contributed by atoms with Crippen LogP contribution in [-0.2, 0) is 26.7 Å². The van der Waals surface area contributed by atoms with Gasteiger partial charge in [0.1, 0.15) is 0 Å². The number of carboxylic acids is 2. The first-order valence-corrected chi connectivity index (χ1v) is 2.89. The van der Waals surface area contributed by atoms with E-state index in [0.717, 1.165) is 0 Å². The normalized spacial score (nSPS) is 12.1. The van der Waals surface area contributed by atoms with Gasteiger partial charge in [-0.2, -0.15) is 0 Å². The van der Waals surface area contributed by atoms with Gasteiger partial charge in [-0.05, 0) is 6.16 Å². The maximum absolute atomic E-state index is 9.77. The summed E-state index contributed by atoms with van der Waals surface area (Å²) in [6.07, 6.45) is -6.87. The minimum absolute atomic E-state index is 0. The maximum Gasteiger partial charge on any atom is 2.00 e. The predicted molar refractivity (Wildman–Crippen MR) is 32.7 cm³/mol. The Morgan fingerprint density at radius 1 is 0.867 bits per heavy atom. The molecule has 0 aromatic heterocycles. The summed E-state index contributed by atoms with van der Waals surface area (Å²) in [6.45, 7) is 0. The molecule has 0 amide bonds. The monoisotopic (exact) mass is 273 g/mol. The number of aliphatic hydroxyl groups excluding tert-OH is 2. The molecule has 0 fully saturated rings. The third kappa shape index (κ3) is 12.6. The quantitative estimate of drug-likeness (QED) is 0.368. The minimum Gasteiger partial charge on any atom is -0.652 e. The van der Waals surface area contributed by atoms with Crippen LogP contribution in [0.15, 0.2) is 0 Å². The Bertz CT molecular complexity index is 205. The van der Waals surface area contributed by atoms with E-state index in [0.29, 0.717) is 0 Å². The molecule has 0 aliphatic carbocycles. The Hall–Kier alpha value is -1.35. The molecule has 0 saturated carbocycles. The third-order valence-corrected chi connectivity index (χ3v) is 0.805. The number of aliphatic carboxylic acids is 2. The van der Waals surface area contributed by atoms with E-state index in [1.165, 1.54) is 0 Å². The van der Waals surface area contributed by atoms with Crippen molar-refractivity contribution in [2.75, 3.05) is 0 Å². The molecular formula is C5H6CuO9. The zero-order valence-electron chi connectivity index (χ0n) is 6.79. The topological polar surface area (TPSA) is 178 Å². The van der Waals surface area contributed by atoms with Gasteiger partial charge in [-0.15, -0.1) is 0 Å². The smallest absolute Gasteiger partial charge is 0.652 e. The standard InChI is InChI=1S/C4H6O6.CH2O3.Cu/c5-1(3(7)8)2(6)4(9)10;2-1(3)4;/h1-2,5-6H,(H,7,8)(H,9,10);(H2,2,3,4);/q;;+2/p-2. The number of carbonyl (C=O) groups is 3. The zero-order valence-corrected chi connectivity index (χ0v) is 7.73. The fourth-order valence-electron chi connectivity index (χ4n) is 0.270. The Balaban J connectivity index is -0.000000249. The molecule has 0 spiro atoms. The molecule has 10 heteroatoms. The van der Waals surface area contributed by atoms with Gasteiger partial charge in [0.15, 0.2) is 12.2 Å². The van der Waals surface area contributed by atoms with Crippen molar-refractivity contribution in [3.05, 3.63) is 0 Å². The Morgan fingerprint density at radius 3 is 1.07 bits per heavy atom. The van der Waals surface area contributed by atoms with Gasteiger partial charge in [0.05, 0.1) is 0 Å². The summed E-state index contributed by atoms with van der Waals surface area (Å²) in [5.74, 6) is -3.54. The first-order valence-electron chi connectivity index (χ1n) is 2.89. The number of hydrogen-bond donors (Lipinski definition) is 4. The molecule has 0 aliphatic rings. The van der Waals surface area contributed by atoms with Crippen LogP contribution < -0.4 is 10.2 Å². The van der Waals surface area contributed by atoms with Crippen molar-refractivity contribution < 1.29 is 62.1 Å². The van der Waals surface area contributed by atoms with Crippen molar-refractivity contribution in [3.63, 3.8) is 0 Å². The van der Waals surface area contributed by atoms with Crippen LogP contribution in [0.4, 0.5) is 4.79 Å². The molecule has 0 heterocycles. The molecule has 91 valence electrons. The first kappa shape index (κ1) is 19.3. The molecule has 0 bridgehead atoms. The number of rotatable bonds is 3. The number of carboxylic acid groups (broad SMARTS) is 4. The molecule has 0 saturated heterocycles. The predicted octanol–water partition coefficient (Wildman–Crippen LogP) is -4.57. The van der Waals surface area contributed by atoms with Crippen LogP contribution >= 0.6 is 0 Å². The Kier molecular flexibility index (Phi) is 11.8. The Morgan fingerprint density at radius 2 is 1.00 bits per heavy atom. The van der Waals surface area contributed by atoms with Crippen molar-refractivity contribution in [2.45, 2.75) is 12.2 Å². The number of carbonyl (C=O) groups excluding carboxylic acids is 1. The van der Waals surface area contributed by atoms with Crippen LogP contribution in [-0.4, -0.2) is 50.7 Å². The molecule has 4 N–H and O–H groups in total. The second-order valence-electron chi connectivity index (χ2n) is 1.82. The molecule has 0 aromatic carbocycles. The summed E-state index contributed by atoms with van der Waals surface area (Å²) in [7, 11) is 0. The summed E-state index contributed by atoms with van der Waals surface area (Å²) in [5, 5.41) is 49.2. The van der Waals surface area contributed by atoms with Crippen LogP contribution in [0, 0.1) is 0 Å². The van der Waals surface area contributed by atoms with Crippen molar-refractivity contribution >= 4 is 18.1 Å². The maximum atomic E-state index is 9.77. The van der Waals surface area contributed by atoms with Crippen molar-refractivity contribution in [3.8, 4) is 0 Å². The van der Waals surface area contributed by atoms with Crippen molar-refractivity contribution in [2.24, 2.45) is 0 Å².